The fourth-order valence-corrected chi connectivity index (χ4v) is 2.64. The van der Waals surface area contributed by atoms with Gasteiger partial charge in [-0.3, -0.25) is 0 Å². The van der Waals surface area contributed by atoms with E-state index >= 15 is 0 Å². The summed E-state index contributed by atoms with van der Waals surface area (Å²) in [4.78, 5) is 4.44. The van der Waals surface area contributed by atoms with E-state index in [1.54, 1.807) is 13.0 Å². The van der Waals surface area contributed by atoms with Crippen LogP contribution in [0.25, 0.3) is 11.4 Å². The molecule has 0 spiro atoms. The first-order chi connectivity index (χ1) is 10.5. The van der Waals surface area contributed by atoms with Crippen molar-refractivity contribution in [3.8, 4) is 11.4 Å². The number of benzene rings is 1. The summed E-state index contributed by atoms with van der Waals surface area (Å²) in [7, 11) is 0. The molecule has 1 aromatic carbocycles. The van der Waals surface area contributed by atoms with Crippen LogP contribution in [0.5, 0.6) is 0 Å². The average Bonchev–Trinajstić information content (AvgIpc) is 3.15. The normalized spacial score (nSPS) is 13.8. The number of anilines is 1. The van der Waals surface area contributed by atoms with Gasteiger partial charge in [0.05, 0.1) is 6.54 Å². The van der Waals surface area contributed by atoms with Gasteiger partial charge in [-0.25, -0.2) is 0 Å². The molecular formula is C16H17N3O2S. The number of nitrogens with one attached hydrogen (secondary N) is 1. The molecule has 6 heteroatoms. The molecule has 1 unspecified atom stereocenters. The van der Waals surface area contributed by atoms with Crippen LogP contribution < -0.4 is 5.32 Å². The van der Waals surface area contributed by atoms with Crippen molar-refractivity contribution < 1.29 is 9.52 Å². The minimum absolute atomic E-state index is 0.295. The van der Waals surface area contributed by atoms with Crippen LogP contribution in [0.2, 0.25) is 0 Å². The Labute approximate surface area is 132 Å². The average molecular weight is 315 g/mol. The molecule has 2 aromatic heterocycles. The van der Waals surface area contributed by atoms with Crippen molar-refractivity contribution >= 4 is 16.7 Å². The Balaban J connectivity index is 1.68. The third-order valence-corrected chi connectivity index (χ3v) is 3.99. The van der Waals surface area contributed by atoms with E-state index in [4.69, 9.17) is 4.42 Å². The number of aryl methyl sites for hydroxylation is 1. The van der Waals surface area contributed by atoms with Crippen LogP contribution in [-0.2, 0) is 5.60 Å². The predicted octanol–water partition coefficient (Wildman–Crippen LogP) is 3.43. The van der Waals surface area contributed by atoms with E-state index in [-0.39, 0.29) is 0 Å². The quantitative estimate of drug-likeness (QED) is 0.755. The fourth-order valence-electron chi connectivity index (χ4n) is 2.06. The molecule has 0 aliphatic heterocycles. The van der Waals surface area contributed by atoms with Gasteiger partial charge in [-0.15, -0.1) is 0 Å². The lowest BCUT2D eigenvalue weighted by atomic mass is 10.0. The molecule has 0 saturated carbocycles. The molecule has 0 bridgehead atoms. The standard InChI is InChI=1S/C16H17N3O2S/c1-11-8-9-13(21-11)16(2,20)10-17-15-18-14(19-22-15)12-6-4-3-5-7-12/h3-9,20H,10H2,1-2H3,(H,17,18,19). The van der Waals surface area contributed by atoms with Crippen LogP contribution in [0.4, 0.5) is 5.13 Å². The molecule has 3 aromatic rings. The summed E-state index contributed by atoms with van der Waals surface area (Å²) in [6, 6.07) is 13.4. The van der Waals surface area contributed by atoms with Gasteiger partial charge in [0.15, 0.2) is 5.82 Å². The van der Waals surface area contributed by atoms with Crippen LogP contribution >= 0.6 is 11.5 Å². The van der Waals surface area contributed by atoms with Gasteiger partial charge in [0.2, 0.25) is 5.13 Å². The minimum Gasteiger partial charge on any atom is -0.463 e. The van der Waals surface area contributed by atoms with Crippen molar-refractivity contribution in [3.05, 3.63) is 54.0 Å². The first kappa shape index (κ1) is 14.7. The molecule has 0 fully saturated rings. The van der Waals surface area contributed by atoms with Gasteiger partial charge in [0.1, 0.15) is 17.1 Å². The second kappa shape index (κ2) is 5.90. The van der Waals surface area contributed by atoms with E-state index in [1.807, 2.05) is 43.3 Å². The van der Waals surface area contributed by atoms with Crippen LogP contribution in [0, 0.1) is 6.92 Å². The monoisotopic (exact) mass is 315 g/mol. The zero-order chi connectivity index (χ0) is 15.6. The summed E-state index contributed by atoms with van der Waals surface area (Å²) in [6.07, 6.45) is 0. The number of aliphatic hydroxyl groups is 1. The van der Waals surface area contributed by atoms with E-state index in [0.717, 1.165) is 11.3 Å². The molecule has 2 N–H and O–H groups in total. The van der Waals surface area contributed by atoms with Gasteiger partial charge in [0, 0.05) is 17.1 Å². The Morgan fingerprint density at radius 2 is 2.00 bits per heavy atom. The van der Waals surface area contributed by atoms with Crippen LogP contribution in [-0.4, -0.2) is 21.0 Å². The lowest BCUT2D eigenvalue weighted by Crippen LogP contribution is -2.30. The third-order valence-electron chi connectivity index (χ3n) is 3.31. The highest BCUT2D eigenvalue weighted by Crippen LogP contribution is 2.25. The topological polar surface area (TPSA) is 71.2 Å². The number of hydrogen-bond donors (Lipinski definition) is 2. The maximum absolute atomic E-state index is 10.5. The van der Waals surface area contributed by atoms with E-state index in [9.17, 15) is 5.11 Å². The maximum Gasteiger partial charge on any atom is 0.203 e. The number of hydrogen-bond acceptors (Lipinski definition) is 6. The Bertz CT molecular complexity index is 750. The van der Waals surface area contributed by atoms with Gasteiger partial charge in [-0.1, -0.05) is 30.3 Å². The first-order valence-corrected chi connectivity index (χ1v) is 7.74. The van der Waals surface area contributed by atoms with Crippen molar-refractivity contribution in [1.82, 2.24) is 9.36 Å². The zero-order valence-corrected chi connectivity index (χ0v) is 13.2. The van der Waals surface area contributed by atoms with E-state index in [1.165, 1.54) is 11.5 Å². The molecule has 0 amide bonds. The minimum atomic E-state index is -1.10. The van der Waals surface area contributed by atoms with Crippen molar-refractivity contribution in [2.45, 2.75) is 19.4 Å². The second-order valence-electron chi connectivity index (χ2n) is 5.33. The van der Waals surface area contributed by atoms with Gasteiger partial charge >= 0.3 is 0 Å². The Morgan fingerprint density at radius 1 is 1.23 bits per heavy atom. The predicted molar refractivity (Wildman–Crippen MR) is 86.9 cm³/mol. The second-order valence-corrected chi connectivity index (χ2v) is 6.08. The smallest absolute Gasteiger partial charge is 0.203 e. The highest BCUT2D eigenvalue weighted by atomic mass is 32.1. The summed E-state index contributed by atoms with van der Waals surface area (Å²) in [5.41, 5.74) is -0.132. The highest BCUT2D eigenvalue weighted by molar-refractivity contribution is 7.09. The van der Waals surface area contributed by atoms with E-state index < -0.39 is 5.60 Å². The number of aromatic nitrogens is 2. The van der Waals surface area contributed by atoms with Crippen molar-refractivity contribution in [2.75, 3.05) is 11.9 Å². The molecule has 0 aliphatic carbocycles. The van der Waals surface area contributed by atoms with Gasteiger partial charge in [0.25, 0.3) is 0 Å². The third kappa shape index (κ3) is 3.18. The molecule has 0 saturated heterocycles. The van der Waals surface area contributed by atoms with Crippen molar-refractivity contribution in [1.29, 1.82) is 0 Å². The molecule has 114 valence electrons. The van der Waals surface area contributed by atoms with Gasteiger partial charge in [-0.2, -0.15) is 9.36 Å². The molecule has 5 nitrogen and oxygen atoms in total. The first-order valence-electron chi connectivity index (χ1n) is 6.97. The Hall–Kier alpha value is -2.18. The molecule has 22 heavy (non-hydrogen) atoms. The largest absolute Gasteiger partial charge is 0.463 e. The summed E-state index contributed by atoms with van der Waals surface area (Å²) < 4.78 is 9.82. The number of rotatable bonds is 5. The SMILES string of the molecule is Cc1ccc(C(C)(O)CNc2nc(-c3ccccc3)ns2)o1. The number of nitrogens with zero attached hydrogens (tertiary/aromatic N) is 2. The molecule has 1 atom stereocenters. The van der Waals surface area contributed by atoms with Crippen molar-refractivity contribution in [2.24, 2.45) is 0 Å². The number of furan rings is 1. The Morgan fingerprint density at radius 3 is 2.68 bits per heavy atom. The van der Waals surface area contributed by atoms with Crippen LogP contribution in [0.15, 0.2) is 46.9 Å². The fraction of sp³-hybridized carbons (Fsp3) is 0.250. The summed E-state index contributed by atoms with van der Waals surface area (Å²) >= 11 is 1.27. The lowest BCUT2D eigenvalue weighted by Gasteiger charge is -2.20. The summed E-state index contributed by atoms with van der Waals surface area (Å²) in [5.74, 6) is 1.99. The molecule has 2 heterocycles. The lowest BCUT2D eigenvalue weighted by molar-refractivity contribution is 0.0468. The molecular weight excluding hydrogens is 298 g/mol. The van der Waals surface area contributed by atoms with E-state index in [2.05, 4.69) is 14.7 Å². The maximum atomic E-state index is 10.5. The van der Waals surface area contributed by atoms with Gasteiger partial charge in [-0.05, 0) is 26.0 Å². The van der Waals surface area contributed by atoms with Gasteiger partial charge < -0.3 is 14.8 Å². The zero-order valence-electron chi connectivity index (χ0n) is 12.4. The highest BCUT2D eigenvalue weighted by Gasteiger charge is 2.27. The van der Waals surface area contributed by atoms with Crippen molar-refractivity contribution in [3.63, 3.8) is 0 Å². The van der Waals surface area contributed by atoms with Crippen LogP contribution in [0.3, 0.4) is 0 Å². The summed E-state index contributed by atoms with van der Waals surface area (Å²) in [6.45, 7) is 3.85. The molecule has 0 aliphatic rings. The summed E-state index contributed by atoms with van der Waals surface area (Å²) in [5, 5.41) is 14.3. The van der Waals surface area contributed by atoms with E-state index in [0.29, 0.717) is 23.3 Å². The Kier molecular flexibility index (Phi) is 3.96. The molecule has 0 radical (unpaired) electrons. The van der Waals surface area contributed by atoms with Crippen LogP contribution in [0.1, 0.15) is 18.4 Å². The molecule has 3 rings (SSSR count).